The van der Waals surface area contributed by atoms with E-state index >= 15 is 0 Å². The summed E-state index contributed by atoms with van der Waals surface area (Å²) in [5.41, 5.74) is 0.310. The Morgan fingerprint density at radius 1 is 1.15 bits per heavy atom. The number of hydrogen-bond donors (Lipinski definition) is 1. The van der Waals surface area contributed by atoms with E-state index < -0.39 is 6.61 Å². The average Bonchev–Trinajstić information content (AvgIpc) is 2.64. The third-order valence-electron chi connectivity index (χ3n) is 4.52. The van der Waals surface area contributed by atoms with Crippen molar-refractivity contribution >= 4 is 11.8 Å². The summed E-state index contributed by atoms with van der Waals surface area (Å²) in [7, 11) is 0. The van der Waals surface area contributed by atoms with Crippen molar-refractivity contribution in [2.45, 2.75) is 33.4 Å². The average molecular weight is 383 g/mol. The second-order valence-corrected chi connectivity index (χ2v) is 7.05. The van der Waals surface area contributed by atoms with E-state index in [1.165, 1.54) is 18.2 Å². The number of rotatable bonds is 7. The van der Waals surface area contributed by atoms with Gasteiger partial charge in [0.15, 0.2) is 0 Å². The SMILES string of the molecule is CC(C)CNC(=O)[C@@H](C)N1CCN(C(=O)c2cccc(OC(F)F)c2)CC1. The summed E-state index contributed by atoms with van der Waals surface area (Å²) in [5.74, 6) is 0.108. The Labute approximate surface area is 158 Å². The Kier molecular flexibility index (Phi) is 7.53. The molecular weight excluding hydrogens is 356 g/mol. The maximum absolute atomic E-state index is 12.6. The molecule has 0 radical (unpaired) electrons. The molecule has 1 atom stereocenters. The molecule has 0 aromatic heterocycles. The lowest BCUT2D eigenvalue weighted by atomic mass is 10.1. The van der Waals surface area contributed by atoms with Gasteiger partial charge in [-0.1, -0.05) is 19.9 Å². The van der Waals surface area contributed by atoms with Crippen molar-refractivity contribution in [2.75, 3.05) is 32.7 Å². The minimum absolute atomic E-state index is 0.0136. The minimum Gasteiger partial charge on any atom is -0.435 e. The molecule has 0 bridgehead atoms. The Hall–Kier alpha value is -2.22. The lowest BCUT2D eigenvalue weighted by molar-refractivity contribution is -0.126. The van der Waals surface area contributed by atoms with Crippen LogP contribution in [0, 0.1) is 5.92 Å². The van der Waals surface area contributed by atoms with E-state index in [4.69, 9.17) is 0 Å². The van der Waals surface area contributed by atoms with Gasteiger partial charge < -0.3 is 15.0 Å². The highest BCUT2D eigenvalue weighted by atomic mass is 19.3. The predicted octanol–water partition coefficient (Wildman–Crippen LogP) is 2.21. The molecule has 1 heterocycles. The molecule has 1 fully saturated rings. The van der Waals surface area contributed by atoms with Crippen molar-refractivity contribution in [3.05, 3.63) is 29.8 Å². The van der Waals surface area contributed by atoms with Crippen LogP contribution in [0.15, 0.2) is 24.3 Å². The fourth-order valence-electron chi connectivity index (χ4n) is 2.92. The number of halogens is 2. The Balaban J connectivity index is 1.89. The first kappa shape index (κ1) is 21.1. The van der Waals surface area contributed by atoms with Crippen molar-refractivity contribution in [1.82, 2.24) is 15.1 Å². The second kappa shape index (κ2) is 9.64. The van der Waals surface area contributed by atoms with E-state index in [-0.39, 0.29) is 23.6 Å². The van der Waals surface area contributed by atoms with E-state index in [2.05, 4.69) is 10.1 Å². The number of piperazine rings is 1. The summed E-state index contributed by atoms with van der Waals surface area (Å²) in [6.45, 7) is 5.75. The van der Waals surface area contributed by atoms with Gasteiger partial charge in [-0.2, -0.15) is 8.78 Å². The monoisotopic (exact) mass is 383 g/mol. The zero-order chi connectivity index (χ0) is 20.0. The predicted molar refractivity (Wildman–Crippen MR) is 97.9 cm³/mol. The molecule has 1 aliphatic heterocycles. The number of carbonyl (C=O) groups is 2. The van der Waals surface area contributed by atoms with Gasteiger partial charge in [0.2, 0.25) is 5.91 Å². The zero-order valence-corrected chi connectivity index (χ0v) is 16.0. The molecule has 1 saturated heterocycles. The van der Waals surface area contributed by atoms with Gasteiger partial charge in [-0.15, -0.1) is 0 Å². The minimum atomic E-state index is -2.93. The lowest BCUT2D eigenvalue weighted by Gasteiger charge is -2.37. The number of alkyl halides is 2. The van der Waals surface area contributed by atoms with Crippen LogP contribution < -0.4 is 10.1 Å². The van der Waals surface area contributed by atoms with Crippen molar-refractivity contribution in [3.63, 3.8) is 0 Å². The summed E-state index contributed by atoms with van der Waals surface area (Å²) in [6.07, 6.45) is 0. The van der Waals surface area contributed by atoms with Crippen LogP contribution in [0.3, 0.4) is 0 Å². The first-order chi connectivity index (χ1) is 12.8. The Morgan fingerprint density at radius 2 is 1.81 bits per heavy atom. The molecule has 2 amide bonds. The number of nitrogens with one attached hydrogen (secondary N) is 1. The highest BCUT2D eigenvalue weighted by Crippen LogP contribution is 2.18. The van der Waals surface area contributed by atoms with Crippen LogP contribution in [-0.4, -0.2) is 67.0 Å². The normalized spacial score (nSPS) is 16.5. The molecule has 0 saturated carbocycles. The van der Waals surface area contributed by atoms with Crippen LogP contribution in [0.2, 0.25) is 0 Å². The molecule has 0 spiro atoms. The summed E-state index contributed by atoms with van der Waals surface area (Å²) < 4.78 is 29.0. The molecule has 1 aromatic carbocycles. The van der Waals surface area contributed by atoms with Crippen molar-refractivity contribution < 1.29 is 23.1 Å². The summed E-state index contributed by atoms with van der Waals surface area (Å²) in [5, 5.41) is 2.92. The van der Waals surface area contributed by atoms with Crippen LogP contribution in [0.25, 0.3) is 0 Å². The number of ether oxygens (including phenoxy) is 1. The number of hydrogen-bond acceptors (Lipinski definition) is 4. The third kappa shape index (κ3) is 6.16. The highest BCUT2D eigenvalue weighted by Gasteiger charge is 2.28. The van der Waals surface area contributed by atoms with Crippen LogP contribution >= 0.6 is 0 Å². The molecule has 1 N–H and O–H groups in total. The van der Waals surface area contributed by atoms with E-state index in [0.29, 0.717) is 44.2 Å². The lowest BCUT2D eigenvalue weighted by Crippen LogP contribution is -2.55. The first-order valence-electron chi connectivity index (χ1n) is 9.14. The fraction of sp³-hybridized carbons (Fsp3) is 0.579. The van der Waals surface area contributed by atoms with Crippen LogP contribution in [0.1, 0.15) is 31.1 Å². The molecular formula is C19H27F2N3O3. The van der Waals surface area contributed by atoms with Gasteiger partial charge in [0.1, 0.15) is 5.75 Å². The molecule has 150 valence electrons. The van der Waals surface area contributed by atoms with Gasteiger partial charge in [-0.05, 0) is 31.0 Å². The van der Waals surface area contributed by atoms with Crippen molar-refractivity contribution in [2.24, 2.45) is 5.92 Å². The quantitative estimate of drug-likeness (QED) is 0.784. The van der Waals surface area contributed by atoms with Gasteiger partial charge in [0.05, 0.1) is 6.04 Å². The molecule has 27 heavy (non-hydrogen) atoms. The third-order valence-corrected chi connectivity index (χ3v) is 4.52. The van der Waals surface area contributed by atoms with Crippen LogP contribution in [0.5, 0.6) is 5.75 Å². The number of amides is 2. The fourth-order valence-corrected chi connectivity index (χ4v) is 2.92. The molecule has 6 nitrogen and oxygen atoms in total. The van der Waals surface area contributed by atoms with Crippen LogP contribution in [-0.2, 0) is 4.79 Å². The zero-order valence-electron chi connectivity index (χ0n) is 16.0. The summed E-state index contributed by atoms with van der Waals surface area (Å²) in [4.78, 5) is 28.5. The van der Waals surface area contributed by atoms with Crippen molar-refractivity contribution in [3.8, 4) is 5.75 Å². The number of benzene rings is 1. The smallest absolute Gasteiger partial charge is 0.387 e. The molecule has 8 heteroatoms. The van der Waals surface area contributed by atoms with Crippen molar-refractivity contribution in [1.29, 1.82) is 0 Å². The molecule has 1 aromatic rings. The van der Waals surface area contributed by atoms with E-state index in [9.17, 15) is 18.4 Å². The topological polar surface area (TPSA) is 61.9 Å². The standard InChI is InChI=1S/C19H27F2N3O3/c1-13(2)12-22-17(25)14(3)23-7-9-24(10-8-23)18(26)15-5-4-6-16(11-15)27-19(20)21/h4-6,11,13-14,19H,7-10,12H2,1-3H3,(H,22,25)/t14-/m1/s1. The van der Waals surface area contributed by atoms with E-state index in [1.807, 2.05) is 25.7 Å². The Bertz CT molecular complexity index is 647. The van der Waals surface area contributed by atoms with Gasteiger partial charge in [-0.25, -0.2) is 0 Å². The van der Waals surface area contributed by atoms with Gasteiger partial charge in [-0.3, -0.25) is 14.5 Å². The molecule has 0 unspecified atom stereocenters. The highest BCUT2D eigenvalue weighted by molar-refractivity contribution is 5.94. The van der Waals surface area contributed by atoms with Gasteiger partial charge in [0.25, 0.3) is 5.91 Å². The largest absolute Gasteiger partial charge is 0.435 e. The maximum Gasteiger partial charge on any atom is 0.387 e. The number of carbonyl (C=O) groups excluding carboxylic acids is 2. The van der Waals surface area contributed by atoms with Gasteiger partial charge >= 0.3 is 6.61 Å². The molecule has 0 aliphatic carbocycles. The molecule has 2 rings (SSSR count). The maximum atomic E-state index is 12.6. The summed E-state index contributed by atoms with van der Waals surface area (Å²) >= 11 is 0. The Morgan fingerprint density at radius 3 is 2.41 bits per heavy atom. The van der Waals surface area contributed by atoms with Gasteiger partial charge in [0, 0.05) is 38.3 Å². The number of nitrogens with zero attached hydrogens (tertiary/aromatic N) is 2. The second-order valence-electron chi connectivity index (χ2n) is 7.05. The van der Waals surface area contributed by atoms with E-state index in [1.54, 1.807) is 11.0 Å². The molecule has 1 aliphatic rings. The van der Waals surface area contributed by atoms with Crippen LogP contribution in [0.4, 0.5) is 8.78 Å². The summed E-state index contributed by atoms with van der Waals surface area (Å²) in [6, 6.07) is 5.54. The first-order valence-corrected chi connectivity index (χ1v) is 9.14. The van der Waals surface area contributed by atoms with E-state index in [0.717, 1.165) is 0 Å².